The van der Waals surface area contributed by atoms with Crippen molar-refractivity contribution in [2.75, 3.05) is 0 Å². The molecular weight excluding hydrogens is 284 g/mol. The molecule has 0 bridgehead atoms. The first kappa shape index (κ1) is 14.4. The van der Waals surface area contributed by atoms with Gasteiger partial charge >= 0.3 is 5.69 Å². The average Bonchev–Trinajstić information content (AvgIpc) is 3.23. The van der Waals surface area contributed by atoms with Crippen LogP contribution in [0.25, 0.3) is 0 Å². The van der Waals surface area contributed by atoms with E-state index in [9.17, 15) is 4.79 Å². The van der Waals surface area contributed by atoms with Crippen LogP contribution in [0.5, 0.6) is 0 Å². The van der Waals surface area contributed by atoms with Gasteiger partial charge in [0.25, 0.3) is 0 Å². The van der Waals surface area contributed by atoms with Gasteiger partial charge in [0.2, 0.25) is 0 Å². The summed E-state index contributed by atoms with van der Waals surface area (Å²) >= 11 is 1.54. The van der Waals surface area contributed by atoms with Crippen molar-refractivity contribution < 1.29 is 0 Å². The van der Waals surface area contributed by atoms with Gasteiger partial charge in [-0.3, -0.25) is 4.57 Å². The minimum Gasteiger partial charge on any atom is -0.310 e. The van der Waals surface area contributed by atoms with Crippen LogP contribution in [-0.2, 0) is 6.54 Å². The molecule has 6 heteroatoms. The molecule has 1 fully saturated rings. The van der Waals surface area contributed by atoms with Crippen LogP contribution in [0.2, 0.25) is 0 Å². The van der Waals surface area contributed by atoms with Gasteiger partial charge in [-0.15, -0.1) is 5.10 Å². The molecule has 5 nitrogen and oxygen atoms in total. The maximum Gasteiger partial charge on any atom is 0.344 e. The molecular formula is C15H20N4OS. The van der Waals surface area contributed by atoms with Crippen LogP contribution in [0.3, 0.4) is 0 Å². The van der Waals surface area contributed by atoms with E-state index in [0.29, 0.717) is 12.1 Å². The smallest absolute Gasteiger partial charge is 0.310 e. The van der Waals surface area contributed by atoms with E-state index in [2.05, 4.69) is 53.6 Å². The Morgan fingerprint density at radius 1 is 1.38 bits per heavy atom. The Morgan fingerprint density at radius 2 is 2.10 bits per heavy atom. The molecule has 0 saturated heterocycles. The Hall–Kier alpha value is -1.53. The molecule has 1 aliphatic rings. The predicted molar refractivity (Wildman–Crippen MR) is 83.7 cm³/mol. The van der Waals surface area contributed by atoms with E-state index in [1.807, 2.05) is 0 Å². The van der Waals surface area contributed by atoms with Gasteiger partial charge in [0.05, 0.1) is 0 Å². The van der Waals surface area contributed by atoms with Gasteiger partial charge in [-0.25, -0.2) is 9.89 Å². The van der Waals surface area contributed by atoms with Crippen LogP contribution in [0.1, 0.15) is 38.3 Å². The molecule has 0 amide bonds. The van der Waals surface area contributed by atoms with Crippen molar-refractivity contribution in [2.45, 2.75) is 55.4 Å². The molecule has 1 aromatic heterocycles. The SMILES string of the molecule is CC(C)NCc1ccc(Sc2n[nH]c(=O)n2C2CC2)cc1. The molecule has 0 atom stereocenters. The summed E-state index contributed by atoms with van der Waals surface area (Å²) in [5, 5.41) is 10.8. The fraction of sp³-hybridized carbons (Fsp3) is 0.467. The maximum absolute atomic E-state index is 11.7. The molecule has 112 valence electrons. The third kappa shape index (κ3) is 3.57. The first-order valence-corrected chi connectivity index (χ1v) is 8.12. The number of benzene rings is 1. The molecule has 0 aliphatic heterocycles. The molecule has 0 unspecified atom stereocenters. The summed E-state index contributed by atoms with van der Waals surface area (Å²) in [7, 11) is 0. The number of H-pyrrole nitrogens is 1. The van der Waals surface area contributed by atoms with Crippen LogP contribution >= 0.6 is 11.8 Å². The van der Waals surface area contributed by atoms with Gasteiger partial charge in [0.1, 0.15) is 0 Å². The Morgan fingerprint density at radius 3 is 2.71 bits per heavy atom. The third-order valence-electron chi connectivity index (χ3n) is 3.43. The number of aromatic nitrogens is 3. The summed E-state index contributed by atoms with van der Waals surface area (Å²) in [6.45, 7) is 5.15. The highest BCUT2D eigenvalue weighted by Crippen LogP contribution is 2.37. The van der Waals surface area contributed by atoms with E-state index in [1.54, 1.807) is 4.57 Å². The largest absolute Gasteiger partial charge is 0.344 e. The van der Waals surface area contributed by atoms with Gasteiger partial charge in [-0.2, -0.15) is 0 Å². The maximum atomic E-state index is 11.7. The Kier molecular flexibility index (Phi) is 4.17. The summed E-state index contributed by atoms with van der Waals surface area (Å²) < 4.78 is 1.78. The summed E-state index contributed by atoms with van der Waals surface area (Å²) in [5.74, 6) is 0. The summed E-state index contributed by atoms with van der Waals surface area (Å²) in [5.41, 5.74) is 1.16. The van der Waals surface area contributed by atoms with E-state index in [1.165, 1.54) is 17.3 Å². The van der Waals surface area contributed by atoms with Gasteiger partial charge in [0, 0.05) is 23.5 Å². The van der Waals surface area contributed by atoms with E-state index in [-0.39, 0.29) is 5.69 Å². The van der Waals surface area contributed by atoms with Gasteiger partial charge in [0.15, 0.2) is 5.16 Å². The topological polar surface area (TPSA) is 62.7 Å². The van der Waals surface area contributed by atoms with Crippen molar-refractivity contribution in [3.63, 3.8) is 0 Å². The number of rotatable bonds is 6. The van der Waals surface area contributed by atoms with Crippen LogP contribution in [-0.4, -0.2) is 20.8 Å². The molecule has 1 saturated carbocycles. The van der Waals surface area contributed by atoms with Crippen molar-refractivity contribution in [2.24, 2.45) is 0 Å². The minimum absolute atomic E-state index is 0.0993. The molecule has 0 radical (unpaired) electrons. The molecule has 0 spiro atoms. The lowest BCUT2D eigenvalue weighted by Crippen LogP contribution is -2.21. The summed E-state index contributed by atoms with van der Waals surface area (Å²) in [6.07, 6.45) is 2.15. The minimum atomic E-state index is -0.0993. The number of nitrogens with one attached hydrogen (secondary N) is 2. The highest BCUT2D eigenvalue weighted by molar-refractivity contribution is 7.99. The van der Waals surface area contributed by atoms with Crippen LogP contribution in [0.15, 0.2) is 39.1 Å². The molecule has 3 rings (SSSR count). The van der Waals surface area contributed by atoms with E-state index >= 15 is 0 Å². The van der Waals surface area contributed by atoms with E-state index in [0.717, 1.165) is 29.4 Å². The Labute approximate surface area is 128 Å². The highest BCUT2D eigenvalue weighted by Gasteiger charge is 2.28. The Bertz CT molecular complexity index is 655. The van der Waals surface area contributed by atoms with Gasteiger partial charge in [-0.05, 0) is 42.3 Å². The van der Waals surface area contributed by atoms with Crippen molar-refractivity contribution in [1.82, 2.24) is 20.1 Å². The fourth-order valence-corrected chi connectivity index (χ4v) is 3.02. The van der Waals surface area contributed by atoms with Crippen LogP contribution < -0.4 is 11.0 Å². The normalized spacial score (nSPS) is 14.8. The monoisotopic (exact) mass is 304 g/mol. The first-order chi connectivity index (χ1) is 10.1. The Balaban J connectivity index is 1.69. The number of nitrogens with zero attached hydrogens (tertiary/aromatic N) is 2. The lowest BCUT2D eigenvalue weighted by atomic mass is 10.2. The van der Waals surface area contributed by atoms with Crippen molar-refractivity contribution in [3.05, 3.63) is 40.3 Å². The molecule has 1 heterocycles. The van der Waals surface area contributed by atoms with E-state index < -0.39 is 0 Å². The zero-order valence-electron chi connectivity index (χ0n) is 12.3. The average molecular weight is 304 g/mol. The predicted octanol–water partition coefficient (Wildman–Crippen LogP) is 2.56. The molecule has 1 aromatic carbocycles. The fourth-order valence-electron chi connectivity index (χ4n) is 2.12. The molecule has 2 N–H and O–H groups in total. The third-order valence-corrected chi connectivity index (χ3v) is 4.41. The van der Waals surface area contributed by atoms with Crippen molar-refractivity contribution in [1.29, 1.82) is 0 Å². The van der Waals surface area contributed by atoms with Gasteiger partial charge < -0.3 is 5.32 Å². The second-order valence-electron chi connectivity index (χ2n) is 5.69. The van der Waals surface area contributed by atoms with E-state index in [4.69, 9.17) is 0 Å². The number of aromatic amines is 1. The highest BCUT2D eigenvalue weighted by atomic mass is 32.2. The van der Waals surface area contributed by atoms with Gasteiger partial charge in [-0.1, -0.05) is 26.0 Å². The number of hydrogen-bond acceptors (Lipinski definition) is 4. The summed E-state index contributed by atoms with van der Waals surface area (Å²) in [6, 6.07) is 9.22. The zero-order chi connectivity index (χ0) is 14.8. The molecule has 2 aromatic rings. The first-order valence-electron chi connectivity index (χ1n) is 7.30. The quantitative estimate of drug-likeness (QED) is 0.861. The second kappa shape index (κ2) is 6.07. The summed E-state index contributed by atoms with van der Waals surface area (Å²) in [4.78, 5) is 12.8. The molecule has 1 aliphatic carbocycles. The lowest BCUT2D eigenvalue weighted by molar-refractivity contribution is 0.588. The zero-order valence-corrected chi connectivity index (χ0v) is 13.1. The lowest BCUT2D eigenvalue weighted by Gasteiger charge is -2.08. The van der Waals surface area contributed by atoms with Crippen molar-refractivity contribution >= 4 is 11.8 Å². The van der Waals surface area contributed by atoms with Crippen LogP contribution in [0.4, 0.5) is 0 Å². The number of hydrogen-bond donors (Lipinski definition) is 2. The van der Waals surface area contributed by atoms with Crippen molar-refractivity contribution in [3.8, 4) is 0 Å². The standard InChI is InChI=1S/C15H20N4OS/c1-10(2)16-9-11-3-7-13(8-4-11)21-15-18-17-14(20)19(15)12-5-6-12/h3-4,7-8,10,12,16H,5-6,9H2,1-2H3,(H,17,20). The van der Waals surface area contributed by atoms with Crippen LogP contribution in [0, 0.1) is 0 Å². The molecule has 21 heavy (non-hydrogen) atoms. The second-order valence-corrected chi connectivity index (χ2v) is 6.73.